The van der Waals surface area contributed by atoms with Crippen molar-refractivity contribution in [3.63, 3.8) is 0 Å². The third-order valence-electron chi connectivity index (χ3n) is 5.24. The lowest BCUT2D eigenvalue weighted by atomic mass is 10.00. The number of para-hydroxylation sites is 1. The Hall–Kier alpha value is -3.20. The summed E-state index contributed by atoms with van der Waals surface area (Å²) >= 11 is 5.09. The van der Waals surface area contributed by atoms with Crippen LogP contribution in [0.15, 0.2) is 42.5 Å². The zero-order valence-electron chi connectivity index (χ0n) is 16.2. The second-order valence-electron chi connectivity index (χ2n) is 7.30. The van der Waals surface area contributed by atoms with E-state index in [0.717, 1.165) is 19.3 Å². The molecular weight excluding hydrogens is 405 g/mol. The van der Waals surface area contributed by atoms with Crippen LogP contribution in [0, 0.1) is 10.6 Å². The molecule has 0 saturated carbocycles. The Morgan fingerprint density at radius 2 is 1.97 bits per heavy atom. The topological polar surface area (TPSA) is 93.0 Å². The second kappa shape index (κ2) is 8.66. The highest BCUT2D eigenvalue weighted by Crippen LogP contribution is 2.24. The van der Waals surface area contributed by atoms with Crippen LogP contribution in [0.3, 0.4) is 0 Å². The molecule has 4 rings (SSSR count). The molecule has 1 aliphatic rings. The van der Waals surface area contributed by atoms with Crippen LogP contribution in [-0.4, -0.2) is 45.9 Å². The van der Waals surface area contributed by atoms with Gasteiger partial charge in [0.15, 0.2) is 4.77 Å². The number of nitrogens with zero attached hydrogens (tertiary/aromatic N) is 1. The van der Waals surface area contributed by atoms with Gasteiger partial charge in [-0.05, 0) is 55.7 Å². The van der Waals surface area contributed by atoms with E-state index >= 15 is 0 Å². The lowest BCUT2D eigenvalue weighted by Gasteiger charge is -2.36. The number of rotatable bonds is 4. The lowest BCUT2D eigenvalue weighted by Crippen LogP contribution is -2.50. The number of anilines is 1. The number of imidazole rings is 1. The van der Waals surface area contributed by atoms with Crippen molar-refractivity contribution in [2.24, 2.45) is 0 Å². The zero-order valence-corrected chi connectivity index (χ0v) is 17.0. The van der Waals surface area contributed by atoms with Crippen molar-refractivity contribution in [2.45, 2.75) is 25.3 Å². The maximum Gasteiger partial charge on any atom is 0.319 e. The minimum absolute atomic E-state index is 0.173. The number of carbonyl (C=O) groups is 2. The number of nitrogens with one attached hydrogen (secondary N) is 4. The molecule has 1 unspecified atom stereocenters. The van der Waals surface area contributed by atoms with Gasteiger partial charge in [0, 0.05) is 24.8 Å². The van der Waals surface area contributed by atoms with Crippen molar-refractivity contribution < 1.29 is 14.0 Å². The number of hydrogen-bond donors (Lipinski definition) is 4. The monoisotopic (exact) mass is 427 g/mol. The zero-order chi connectivity index (χ0) is 21.1. The number of piperidine rings is 1. The summed E-state index contributed by atoms with van der Waals surface area (Å²) in [6.07, 6.45) is 2.58. The number of carbonyl (C=O) groups excluding carboxylic acids is 2. The molecule has 1 aromatic heterocycles. The summed E-state index contributed by atoms with van der Waals surface area (Å²) in [5.41, 5.74) is 1.87. The summed E-state index contributed by atoms with van der Waals surface area (Å²) in [7, 11) is 0. The van der Waals surface area contributed by atoms with Crippen LogP contribution < -0.4 is 10.6 Å². The van der Waals surface area contributed by atoms with E-state index in [1.54, 1.807) is 17.0 Å². The Balaban J connectivity index is 1.49. The summed E-state index contributed by atoms with van der Waals surface area (Å²) in [5, 5.41) is 5.61. The molecule has 1 saturated heterocycles. The standard InChI is InChI=1S/C21H22FN5O2S/c22-13-10-16(18-17(11-13)25-21(30)26-18)19(28)27-9-5-4-8-15(27)12-23-20(29)24-14-6-2-1-3-7-14/h1-3,6-7,10-11,15H,4-5,8-9,12H2,(H2,23,24,29)(H2,25,26,30). The van der Waals surface area contributed by atoms with Gasteiger partial charge in [-0.25, -0.2) is 9.18 Å². The third kappa shape index (κ3) is 4.35. The molecular formula is C21H22FN5O2S. The molecule has 2 aromatic carbocycles. The van der Waals surface area contributed by atoms with E-state index in [1.165, 1.54) is 12.1 Å². The fourth-order valence-electron chi connectivity index (χ4n) is 3.82. The van der Waals surface area contributed by atoms with Crippen LogP contribution >= 0.6 is 12.2 Å². The van der Waals surface area contributed by atoms with E-state index in [0.29, 0.717) is 34.6 Å². The minimum atomic E-state index is -0.509. The number of fused-ring (bicyclic) bond motifs is 1. The van der Waals surface area contributed by atoms with Gasteiger partial charge in [-0.2, -0.15) is 0 Å². The van der Waals surface area contributed by atoms with Crippen LogP contribution in [-0.2, 0) is 0 Å². The Bertz CT molecular complexity index is 1130. The molecule has 0 radical (unpaired) electrons. The van der Waals surface area contributed by atoms with Gasteiger partial charge in [0.1, 0.15) is 5.82 Å². The summed E-state index contributed by atoms with van der Waals surface area (Å²) in [6.45, 7) is 0.862. The average Bonchev–Trinajstić information content (AvgIpc) is 3.12. The maximum atomic E-state index is 14.1. The highest BCUT2D eigenvalue weighted by molar-refractivity contribution is 7.71. The van der Waals surface area contributed by atoms with Crippen molar-refractivity contribution in [1.82, 2.24) is 20.2 Å². The lowest BCUT2D eigenvalue weighted by molar-refractivity contribution is 0.0617. The molecule has 3 aromatic rings. The summed E-state index contributed by atoms with van der Waals surface area (Å²) in [6, 6.07) is 11.2. The Kier molecular flexibility index (Phi) is 5.80. The van der Waals surface area contributed by atoms with Gasteiger partial charge in [0.2, 0.25) is 0 Å². The highest BCUT2D eigenvalue weighted by atomic mass is 32.1. The maximum absolute atomic E-state index is 14.1. The number of H-pyrrole nitrogens is 2. The van der Waals surface area contributed by atoms with Crippen LogP contribution in [0.5, 0.6) is 0 Å². The first kappa shape index (κ1) is 20.1. The van der Waals surface area contributed by atoms with E-state index in [1.807, 2.05) is 18.2 Å². The van der Waals surface area contributed by atoms with Crippen LogP contribution in [0.1, 0.15) is 29.6 Å². The predicted molar refractivity (Wildman–Crippen MR) is 116 cm³/mol. The van der Waals surface area contributed by atoms with E-state index in [4.69, 9.17) is 12.2 Å². The van der Waals surface area contributed by atoms with Crippen LogP contribution in [0.25, 0.3) is 11.0 Å². The number of aromatic amines is 2. The Morgan fingerprint density at radius 3 is 2.77 bits per heavy atom. The number of aromatic nitrogens is 2. The van der Waals surface area contributed by atoms with Gasteiger partial charge in [0.25, 0.3) is 5.91 Å². The third-order valence-corrected chi connectivity index (χ3v) is 5.44. The molecule has 0 spiro atoms. The van der Waals surface area contributed by atoms with Gasteiger partial charge in [-0.15, -0.1) is 0 Å². The number of hydrogen-bond acceptors (Lipinski definition) is 3. The highest BCUT2D eigenvalue weighted by Gasteiger charge is 2.29. The van der Waals surface area contributed by atoms with Gasteiger partial charge >= 0.3 is 6.03 Å². The predicted octanol–water partition coefficient (Wildman–Crippen LogP) is 4.18. The number of amides is 3. The van der Waals surface area contributed by atoms with Crippen molar-refractivity contribution >= 4 is 40.9 Å². The van der Waals surface area contributed by atoms with E-state index in [9.17, 15) is 14.0 Å². The second-order valence-corrected chi connectivity index (χ2v) is 7.71. The van der Waals surface area contributed by atoms with Gasteiger partial charge in [-0.3, -0.25) is 4.79 Å². The van der Waals surface area contributed by atoms with E-state index in [2.05, 4.69) is 20.6 Å². The molecule has 1 fully saturated rings. The molecule has 4 N–H and O–H groups in total. The number of likely N-dealkylation sites (tertiary alicyclic amines) is 1. The van der Waals surface area contributed by atoms with Crippen LogP contribution in [0.4, 0.5) is 14.9 Å². The van der Waals surface area contributed by atoms with E-state index in [-0.39, 0.29) is 23.5 Å². The molecule has 0 aliphatic carbocycles. The molecule has 3 amide bonds. The molecule has 9 heteroatoms. The number of halogens is 1. The molecule has 7 nitrogen and oxygen atoms in total. The molecule has 1 atom stereocenters. The molecule has 2 heterocycles. The fourth-order valence-corrected chi connectivity index (χ4v) is 4.03. The van der Waals surface area contributed by atoms with Crippen molar-refractivity contribution in [2.75, 3.05) is 18.4 Å². The van der Waals surface area contributed by atoms with Crippen molar-refractivity contribution in [3.8, 4) is 0 Å². The van der Waals surface area contributed by atoms with Crippen molar-refractivity contribution in [3.05, 3.63) is 58.6 Å². The van der Waals surface area contributed by atoms with Gasteiger partial charge in [0.05, 0.1) is 16.6 Å². The SMILES string of the molecule is O=C(NCC1CCCCN1C(=O)c1cc(F)cc2[nH]c(=S)[nH]c12)Nc1ccccc1. The number of benzene rings is 2. The average molecular weight is 428 g/mol. The summed E-state index contributed by atoms with van der Waals surface area (Å²) in [5.74, 6) is -0.787. The summed E-state index contributed by atoms with van der Waals surface area (Å²) in [4.78, 5) is 33.0. The molecule has 30 heavy (non-hydrogen) atoms. The molecule has 1 aliphatic heterocycles. The summed E-state index contributed by atoms with van der Waals surface area (Å²) < 4.78 is 14.4. The quantitative estimate of drug-likeness (QED) is 0.471. The van der Waals surface area contributed by atoms with Crippen LogP contribution in [0.2, 0.25) is 0 Å². The molecule has 156 valence electrons. The first-order valence-electron chi connectivity index (χ1n) is 9.83. The number of urea groups is 1. The Morgan fingerprint density at radius 1 is 1.17 bits per heavy atom. The fraction of sp³-hybridized carbons (Fsp3) is 0.286. The largest absolute Gasteiger partial charge is 0.336 e. The minimum Gasteiger partial charge on any atom is -0.336 e. The molecule has 0 bridgehead atoms. The van der Waals surface area contributed by atoms with Gasteiger partial charge < -0.3 is 25.5 Å². The van der Waals surface area contributed by atoms with E-state index < -0.39 is 5.82 Å². The first-order chi connectivity index (χ1) is 14.5. The smallest absolute Gasteiger partial charge is 0.319 e. The normalized spacial score (nSPS) is 16.4. The Labute approximate surface area is 177 Å². The first-order valence-corrected chi connectivity index (χ1v) is 10.2. The van der Waals surface area contributed by atoms with Gasteiger partial charge in [-0.1, -0.05) is 18.2 Å². The van der Waals surface area contributed by atoms with Crippen molar-refractivity contribution in [1.29, 1.82) is 0 Å².